The van der Waals surface area contributed by atoms with E-state index in [-0.39, 0.29) is 5.03 Å². The molecule has 2 heterocycles. The van der Waals surface area contributed by atoms with Crippen molar-refractivity contribution in [1.82, 2.24) is 10.2 Å². The molecule has 2 aliphatic heterocycles. The van der Waals surface area contributed by atoms with Gasteiger partial charge in [-0.15, -0.1) is 0 Å². The highest BCUT2D eigenvalue weighted by atomic mass is 32.2. The van der Waals surface area contributed by atoms with Crippen molar-refractivity contribution >= 4 is 9.84 Å². The number of hydrogen-bond donors (Lipinski definition) is 3. The quantitative estimate of drug-likeness (QED) is 0.594. The monoisotopic (exact) mass is 286 g/mol. The van der Waals surface area contributed by atoms with E-state index in [2.05, 4.69) is 10.2 Å². The zero-order chi connectivity index (χ0) is 14.1. The molecule has 0 aromatic heterocycles. The normalized spacial score (nSPS) is 24.4. The summed E-state index contributed by atoms with van der Waals surface area (Å²) >= 11 is 0. The Morgan fingerprint density at radius 2 is 1.79 bits per heavy atom. The molecule has 0 bridgehead atoms. The summed E-state index contributed by atoms with van der Waals surface area (Å²) in [5, 5.41) is 3.19. The lowest BCUT2D eigenvalue weighted by Crippen LogP contribution is -2.60. The molecule has 2 rings (SSSR count). The van der Waals surface area contributed by atoms with E-state index in [1.54, 1.807) is 6.08 Å². The van der Waals surface area contributed by atoms with Crippen LogP contribution in [0.2, 0.25) is 0 Å². The van der Waals surface area contributed by atoms with Gasteiger partial charge in [0.2, 0.25) is 0 Å². The highest BCUT2D eigenvalue weighted by Crippen LogP contribution is 2.39. The molecule has 0 aromatic rings. The van der Waals surface area contributed by atoms with Gasteiger partial charge in [0, 0.05) is 24.8 Å². The summed E-state index contributed by atoms with van der Waals surface area (Å²) in [6.07, 6.45) is 6.37. The van der Waals surface area contributed by atoms with Gasteiger partial charge in [-0.1, -0.05) is 0 Å². The molecule has 0 aromatic carbocycles. The summed E-state index contributed by atoms with van der Waals surface area (Å²) in [7, 11) is -3.33. The van der Waals surface area contributed by atoms with Gasteiger partial charge in [0.15, 0.2) is 9.84 Å². The largest absolute Gasteiger partial charge is 0.389 e. The maximum Gasteiger partial charge on any atom is 0.190 e. The minimum absolute atomic E-state index is 0.160. The number of nitrogens with one attached hydrogen (secondary N) is 1. The highest BCUT2D eigenvalue weighted by molar-refractivity contribution is 7.94. The summed E-state index contributed by atoms with van der Waals surface area (Å²) in [5.41, 5.74) is 11.8. The third kappa shape index (κ3) is 3.22. The summed E-state index contributed by atoms with van der Waals surface area (Å²) < 4.78 is 22.3. The van der Waals surface area contributed by atoms with E-state index in [0.717, 1.165) is 32.4 Å². The maximum atomic E-state index is 11.2. The fourth-order valence-electron chi connectivity index (χ4n) is 2.62. The minimum atomic E-state index is -3.33. The second-order valence-electron chi connectivity index (χ2n) is 5.54. The summed E-state index contributed by atoms with van der Waals surface area (Å²) in [4.78, 5) is 2.07. The molecule has 0 saturated carbocycles. The number of nitrogens with zero attached hydrogens (tertiary/aromatic N) is 1. The molecule has 0 atom stereocenters. The highest BCUT2D eigenvalue weighted by Gasteiger charge is 2.43. The van der Waals surface area contributed by atoms with Crippen LogP contribution in [0.4, 0.5) is 0 Å². The molecular formula is C12H22N4O2S. The molecule has 0 radical (unpaired) electrons. The van der Waals surface area contributed by atoms with Crippen LogP contribution >= 0.6 is 0 Å². The Balaban J connectivity index is 1.94. The van der Waals surface area contributed by atoms with Gasteiger partial charge in [-0.25, -0.2) is 8.42 Å². The molecule has 6 nitrogen and oxygen atoms in total. The third-order valence-corrected chi connectivity index (χ3v) is 4.92. The van der Waals surface area contributed by atoms with Crippen LogP contribution in [0.15, 0.2) is 23.0 Å². The number of likely N-dealkylation sites (tertiary alicyclic amines) is 1. The molecular weight excluding hydrogens is 264 g/mol. The van der Waals surface area contributed by atoms with Crippen LogP contribution < -0.4 is 16.8 Å². The average Bonchev–Trinajstić information content (AvgIpc) is 2.32. The first-order valence-electron chi connectivity index (χ1n) is 6.41. The predicted molar refractivity (Wildman–Crippen MR) is 75.5 cm³/mol. The summed E-state index contributed by atoms with van der Waals surface area (Å²) in [5.74, 6) is 0.579. The molecule has 0 aliphatic carbocycles. The molecule has 0 unspecified atom stereocenters. The van der Waals surface area contributed by atoms with Crippen molar-refractivity contribution in [2.45, 2.75) is 12.8 Å². The second-order valence-corrected chi connectivity index (χ2v) is 7.55. The van der Waals surface area contributed by atoms with Crippen LogP contribution in [0.25, 0.3) is 0 Å². The number of rotatable bonds is 3. The SMILES string of the molecule is CS(=O)(=O)/C(N)=C/C=C(\N)N1CC2(CCNCC2)C1. The third-order valence-electron chi connectivity index (χ3n) is 3.93. The topological polar surface area (TPSA) is 101 Å². The van der Waals surface area contributed by atoms with Gasteiger partial charge in [0.05, 0.1) is 5.82 Å². The van der Waals surface area contributed by atoms with Crippen molar-refractivity contribution in [3.05, 3.63) is 23.0 Å². The van der Waals surface area contributed by atoms with Crippen molar-refractivity contribution in [1.29, 1.82) is 0 Å². The van der Waals surface area contributed by atoms with E-state index in [1.807, 2.05) is 0 Å². The molecule has 0 amide bonds. The maximum absolute atomic E-state index is 11.2. The number of nitrogens with two attached hydrogens (primary N) is 2. The van der Waals surface area contributed by atoms with E-state index in [1.165, 1.54) is 18.9 Å². The molecule has 108 valence electrons. The van der Waals surface area contributed by atoms with Crippen molar-refractivity contribution in [2.75, 3.05) is 32.4 Å². The Morgan fingerprint density at radius 3 is 2.32 bits per heavy atom. The van der Waals surface area contributed by atoms with Crippen LogP contribution in [0.1, 0.15) is 12.8 Å². The minimum Gasteiger partial charge on any atom is -0.389 e. The number of allylic oxidation sites excluding steroid dienone is 2. The Labute approximate surface area is 114 Å². The van der Waals surface area contributed by atoms with Crippen molar-refractivity contribution in [2.24, 2.45) is 16.9 Å². The first-order valence-corrected chi connectivity index (χ1v) is 8.30. The average molecular weight is 286 g/mol. The fourth-order valence-corrected chi connectivity index (χ4v) is 2.93. The van der Waals surface area contributed by atoms with E-state index in [4.69, 9.17) is 11.5 Å². The molecule has 2 fully saturated rings. The van der Waals surface area contributed by atoms with Gasteiger partial charge >= 0.3 is 0 Å². The number of piperidine rings is 1. The van der Waals surface area contributed by atoms with Gasteiger partial charge in [-0.3, -0.25) is 0 Å². The van der Waals surface area contributed by atoms with Crippen LogP contribution in [0.3, 0.4) is 0 Å². The van der Waals surface area contributed by atoms with Crippen LogP contribution in [-0.2, 0) is 9.84 Å². The molecule has 5 N–H and O–H groups in total. The van der Waals surface area contributed by atoms with Crippen LogP contribution in [0, 0.1) is 5.41 Å². The van der Waals surface area contributed by atoms with Crippen LogP contribution in [-0.4, -0.2) is 45.8 Å². The molecule has 19 heavy (non-hydrogen) atoms. The Hall–Kier alpha value is -1.21. The van der Waals surface area contributed by atoms with Crippen molar-refractivity contribution in [3.8, 4) is 0 Å². The zero-order valence-electron chi connectivity index (χ0n) is 11.2. The van der Waals surface area contributed by atoms with Crippen LogP contribution in [0.5, 0.6) is 0 Å². The first-order chi connectivity index (χ1) is 8.82. The summed E-state index contributed by atoms with van der Waals surface area (Å²) in [6, 6.07) is 0. The zero-order valence-corrected chi connectivity index (χ0v) is 12.0. The van der Waals surface area contributed by atoms with Crippen molar-refractivity contribution < 1.29 is 8.42 Å². The van der Waals surface area contributed by atoms with Crippen molar-refractivity contribution in [3.63, 3.8) is 0 Å². The lowest BCUT2D eigenvalue weighted by molar-refractivity contribution is 0.00115. The number of sulfone groups is 1. The molecule has 1 spiro atoms. The standard InChI is InChI=1S/C12H22N4O2S/c1-19(17,18)11(14)3-2-10(13)16-8-12(9-16)4-6-15-7-5-12/h2-3,15H,4-9,13-14H2,1H3/b10-2+,11-3+. The Morgan fingerprint density at radius 1 is 1.21 bits per heavy atom. The van der Waals surface area contributed by atoms with Gasteiger partial charge in [-0.05, 0) is 38.1 Å². The van der Waals surface area contributed by atoms with E-state index in [0.29, 0.717) is 11.2 Å². The van der Waals surface area contributed by atoms with Gasteiger partial charge in [0.1, 0.15) is 5.03 Å². The van der Waals surface area contributed by atoms with Gasteiger partial charge in [-0.2, -0.15) is 0 Å². The lowest BCUT2D eigenvalue weighted by atomic mass is 9.72. The number of hydrogen-bond acceptors (Lipinski definition) is 6. The molecule has 7 heteroatoms. The predicted octanol–water partition coefficient (Wildman–Crippen LogP) is -0.683. The summed E-state index contributed by atoms with van der Waals surface area (Å²) in [6.45, 7) is 4.03. The Bertz CT molecular complexity index is 496. The fraction of sp³-hybridized carbons (Fsp3) is 0.667. The van der Waals surface area contributed by atoms with Gasteiger partial charge in [0.25, 0.3) is 0 Å². The van der Waals surface area contributed by atoms with Gasteiger partial charge < -0.3 is 21.7 Å². The molecule has 2 saturated heterocycles. The Kier molecular flexibility index (Phi) is 3.78. The van der Waals surface area contributed by atoms with E-state index < -0.39 is 9.84 Å². The lowest BCUT2D eigenvalue weighted by Gasteiger charge is -2.53. The second kappa shape index (κ2) is 5.05. The first kappa shape index (κ1) is 14.2. The van der Waals surface area contributed by atoms with E-state index in [9.17, 15) is 8.42 Å². The van der Waals surface area contributed by atoms with E-state index >= 15 is 0 Å². The smallest absolute Gasteiger partial charge is 0.190 e. The molecule has 2 aliphatic rings.